The minimum atomic E-state index is -1.11. The van der Waals surface area contributed by atoms with Crippen LogP contribution in [0.15, 0.2) is 72.9 Å². The molecule has 4 aromatic rings. The highest BCUT2D eigenvalue weighted by molar-refractivity contribution is 5.90. The molecule has 228 valence electrons. The second kappa shape index (κ2) is 13.2. The highest BCUT2D eigenvalue weighted by atomic mass is 19.1. The number of rotatable bonds is 11. The molecule has 1 unspecified atom stereocenters. The van der Waals surface area contributed by atoms with E-state index in [1.807, 2.05) is 24.3 Å². The van der Waals surface area contributed by atoms with Crippen molar-refractivity contribution in [2.24, 2.45) is 0 Å². The number of halogens is 1. The predicted molar refractivity (Wildman–Crippen MR) is 158 cm³/mol. The van der Waals surface area contributed by atoms with E-state index in [4.69, 9.17) is 9.47 Å². The number of aromatic nitrogens is 3. The first-order valence-corrected chi connectivity index (χ1v) is 13.8. The zero-order valence-electron chi connectivity index (χ0n) is 24.1. The standard InChI is InChI=1S/C31H31FN6O6/c1-20(39)33-14-27-19-38(31(42)44-27)25-9-12-28(29(32)13-25)23-7-3-21(4-8-23)15-36(30(40)41)17-24-18-37(35-34-24)16-22-5-10-26(43-2)11-6-22/h3-13,18,27H,14-17,19H2,1-2H3,(H,33,39)(H,40,41). The van der Waals surface area contributed by atoms with Crippen molar-refractivity contribution in [1.29, 1.82) is 0 Å². The maximum atomic E-state index is 15.2. The molecular weight excluding hydrogens is 571 g/mol. The summed E-state index contributed by atoms with van der Waals surface area (Å²) in [4.78, 5) is 38.0. The van der Waals surface area contributed by atoms with E-state index in [1.54, 1.807) is 54.4 Å². The van der Waals surface area contributed by atoms with E-state index in [9.17, 15) is 19.5 Å². The molecule has 0 radical (unpaired) electrons. The summed E-state index contributed by atoms with van der Waals surface area (Å²) in [5.41, 5.74) is 3.47. The molecule has 3 amide bonds. The quantitative estimate of drug-likeness (QED) is 0.259. The summed E-state index contributed by atoms with van der Waals surface area (Å²) in [6, 6.07) is 18.9. The van der Waals surface area contributed by atoms with Gasteiger partial charge in [-0.2, -0.15) is 0 Å². The van der Waals surface area contributed by atoms with Gasteiger partial charge in [0.25, 0.3) is 0 Å². The summed E-state index contributed by atoms with van der Waals surface area (Å²) in [6.07, 6.45) is -0.543. The van der Waals surface area contributed by atoms with Gasteiger partial charge in [0.1, 0.15) is 23.4 Å². The Balaban J connectivity index is 1.20. The zero-order chi connectivity index (χ0) is 31.2. The summed E-state index contributed by atoms with van der Waals surface area (Å²) in [6.45, 7) is 2.35. The zero-order valence-corrected chi connectivity index (χ0v) is 24.1. The van der Waals surface area contributed by atoms with Gasteiger partial charge in [-0.25, -0.2) is 18.7 Å². The Hall–Kier alpha value is -5.46. The van der Waals surface area contributed by atoms with Crippen molar-refractivity contribution in [2.45, 2.75) is 32.7 Å². The molecule has 5 rings (SSSR count). The number of benzene rings is 3. The number of carbonyl (C=O) groups excluding carboxylic acids is 2. The molecule has 12 nitrogen and oxygen atoms in total. The van der Waals surface area contributed by atoms with Gasteiger partial charge in [-0.3, -0.25) is 14.6 Å². The van der Waals surface area contributed by atoms with E-state index in [0.717, 1.165) is 11.3 Å². The van der Waals surface area contributed by atoms with E-state index >= 15 is 4.39 Å². The van der Waals surface area contributed by atoms with Crippen LogP contribution in [-0.2, 0) is 29.2 Å². The fraction of sp³-hybridized carbons (Fsp3) is 0.258. The number of hydrogen-bond acceptors (Lipinski definition) is 7. The SMILES string of the molecule is COc1ccc(Cn2cc(CN(Cc3ccc(-c4ccc(N5CC(CNC(C)=O)OC5=O)cc4F)cc3)C(=O)O)nn2)cc1. The van der Waals surface area contributed by atoms with Crippen molar-refractivity contribution < 1.29 is 33.4 Å². The Bertz CT molecular complexity index is 1640. The van der Waals surface area contributed by atoms with Gasteiger partial charge in [0.05, 0.1) is 45.2 Å². The van der Waals surface area contributed by atoms with Gasteiger partial charge in [-0.05, 0) is 47.0 Å². The van der Waals surface area contributed by atoms with Crippen LogP contribution < -0.4 is 15.0 Å². The molecule has 0 spiro atoms. The molecule has 1 atom stereocenters. The van der Waals surface area contributed by atoms with E-state index in [-0.39, 0.29) is 32.1 Å². The topological polar surface area (TPSA) is 139 Å². The number of amides is 3. The summed E-state index contributed by atoms with van der Waals surface area (Å²) < 4.78 is 27.2. The molecule has 0 aliphatic carbocycles. The lowest BCUT2D eigenvalue weighted by molar-refractivity contribution is -0.119. The Kier molecular flexibility index (Phi) is 9.03. The van der Waals surface area contributed by atoms with Crippen molar-refractivity contribution >= 4 is 23.8 Å². The van der Waals surface area contributed by atoms with Gasteiger partial charge in [-0.1, -0.05) is 41.6 Å². The molecule has 1 aliphatic rings. The maximum Gasteiger partial charge on any atom is 0.414 e. The molecule has 2 N–H and O–H groups in total. The highest BCUT2D eigenvalue weighted by Gasteiger charge is 2.32. The average molecular weight is 603 g/mol. The summed E-state index contributed by atoms with van der Waals surface area (Å²) >= 11 is 0. The van der Waals surface area contributed by atoms with E-state index < -0.39 is 24.1 Å². The highest BCUT2D eigenvalue weighted by Crippen LogP contribution is 2.29. The van der Waals surface area contributed by atoms with Crippen LogP contribution in [0.5, 0.6) is 5.75 Å². The molecule has 13 heteroatoms. The van der Waals surface area contributed by atoms with Gasteiger partial charge in [0.15, 0.2) is 0 Å². The van der Waals surface area contributed by atoms with E-state index in [1.165, 1.54) is 22.8 Å². The van der Waals surface area contributed by atoms with Gasteiger partial charge >= 0.3 is 12.2 Å². The molecule has 1 aromatic heterocycles. The third kappa shape index (κ3) is 7.30. The largest absolute Gasteiger partial charge is 0.497 e. The number of carboxylic acid groups (broad SMARTS) is 1. The lowest BCUT2D eigenvalue weighted by Gasteiger charge is -2.18. The second-order valence-electron chi connectivity index (χ2n) is 10.3. The van der Waals surface area contributed by atoms with Crippen LogP contribution in [0.25, 0.3) is 11.1 Å². The van der Waals surface area contributed by atoms with Crippen molar-refractivity contribution in [3.05, 3.63) is 95.6 Å². The first-order chi connectivity index (χ1) is 21.2. The summed E-state index contributed by atoms with van der Waals surface area (Å²) in [5, 5.41) is 20.7. The normalized spacial score (nSPS) is 14.3. The third-order valence-electron chi connectivity index (χ3n) is 7.07. The molecule has 0 bridgehead atoms. The molecule has 1 fully saturated rings. The minimum Gasteiger partial charge on any atom is -0.497 e. The number of ether oxygens (including phenoxy) is 2. The van der Waals surface area contributed by atoms with Crippen LogP contribution in [0.4, 0.5) is 19.7 Å². The van der Waals surface area contributed by atoms with Gasteiger partial charge < -0.3 is 19.9 Å². The number of methoxy groups -OCH3 is 1. The molecule has 44 heavy (non-hydrogen) atoms. The third-order valence-corrected chi connectivity index (χ3v) is 7.07. The molecular formula is C31H31FN6O6. The Morgan fingerprint density at radius 1 is 1.09 bits per heavy atom. The van der Waals surface area contributed by atoms with E-state index in [2.05, 4.69) is 15.6 Å². The number of hydrogen-bond donors (Lipinski definition) is 2. The predicted octanol–water partition coefficient (Wildman–Crippen LogP) is 4.28. The van der Waals surface area contributed by atoms with Crippen molar-refractivity contribution in [1.82, 2.24) is 25.2 Å². The second-order valence-corrected chi connectivity index (χ2v) is 10.3. The van der Waals surface area contributed by atoms with Gasteiger partial charge in [-0.15, -0.1) is 5.10 Å². The van der Waals surface area contributed by atoms with Crippen LogP contribution in [0.3, 0.4) is 0 Å². The molecule has 3 aromatic carbocycles. The number of cyclic esters (lactones) is 1. The number of nitrogens with zero attached hydrogens (tertiary/aromatic N) is 5. The Morgan fingerprint density at radius 3 is 2.48 bits per heavy atom. The smallest absolute Gasteiger partial charge is 0.414 e. The first-order valence-electron chi connectivity index (χ1n) is 13.8. The monoisotopic (exact) mass is 602 g/mol. The van der Waals surface area contributed by atoms with Gasteiger partial charge in [0, 0.05) is 19.0 Å². The Morgan fingerprint density at radius 2 is 1.82 bits per heavy atom. The molecule has 2 heterocycles. The fourth-order valence-electron chi connectivity index (χ4n) is 4.81. The van der Waals surface area contributed by atoms with Crippen molar-refractivity contribution in [2.75, 3.05) is 25.1 Å². The number of nitrogens with one attached hydrogen (secondary N) is 1. The number of anilines is 1. The Labute approximate surface area is 252 Å². The lowest BCUT2D eigenvalue weighted by Crippen LogP contribution is -2.33. The molecule has 0 saturated carbocycles. The summed E-state index contributed by atoms with van der Waals surface area (Å²) in [7, 11) is 1.60. The lowest BCUT2D eigenvalue weighted by atomic mass is 10.0. The van der Waals surface area contributed by atoms with Crippen LogP contribution in [0.2, 0.25) is 0 Å². The van der Waals surface area contributed by atoms with Crippen LogP contribution in [0, 0.1) is 5.82 Å². The number of carbonyl (C=O) groups is 3. The van der Waals surface area contributed by atoms with Crippen LogP contribution in [0.1, 0.15) is 23.7 Å². The van der Waals surface area contributed by atoms with Crippen molar-refractivity contribution in [3.63, 3.8) is 0 Å². The first kappa shape index (κ1) is 30.0. The molecule has 1 saturated heterocycles. The van der Waals surface area contributed by atoms with Gasteiger partial charge in [0.2, 0.25) is 5.91 Å². The summed E-state index contributed by atoms with van der Waals surface area (Å²) in [5.74, 6) is -0.0115. The maximum absolute atomic E-state index is 15.2. The molecule has 1 aliphatic heterocycles. The van der Waals surface area contributed by atoms with Crippen LogP contribution in [-0.4, -0.2) is 69.4 Å². The minimum absolute atomic E-state index is 0.0421. The average Bonchev–Trinajstić information content (AvgIpc) is 3.62. The van der Waals surface area contributed by atoms with Crippen molar-refractivity contribution in [3.8, 4) is 16.9 Å². The van der Waals surface area contributed by atoms with E-state index in [0.29, 0.717) is 34.6 Å². The fourth-order valence-corrected chi connectivity index (χ4v) is 4.81. The van der Waals surface area contributed by atoms with Crippen LogP contribution >= 0.6 is 0 Å².